The molecule has 3 nitrogen and oxygen atoms in total. The van der Waals surface area contributed by atoms with Gasteiger partial charge in [-0.15, -0.1) is 0 Å². The van der Waals surface area contributed by atoms with Crippen molar-refractivity contribution in [1.82, 2.24) is 4.98 Å². The van der Waals surface area contributed by atoms with E-state index < -0.39 is 0 Å². The number of nitrogens with two attached hydrogens (primary N) is 1. The van der Waals surface area contributed by atoms with Crippen molar-refractivity contribution in [3.8, 4) is 0 Å². The molecule has 2 heterocycles. The maximum atomic E-state index is 6.19. The molecule has 1 aliphatic rings. The van der Waals surface area contributed by atoms with E-state index in [-0.39, 0.29) is 6.04 Å². The number of rotatable bonds is 2. The van der Waals surface area contributed by atoms with Gasteiger partial charge < -0.3 is 10.5 Å². The molecule has 1 aromatic heterocycles. The molecule has 2 rings (SSSR count). The van der Waals surface area contributed by atoms with Gasteiger partial charge in [0.1, 0.15) is 0 Å². The molecule has 0 bridgehead atoms. The van der Waals surface area contributed by atoms with E-state index in [1.54, 1.807) is 6.20 Å². The minimum Gasteiger partial charge on any atom is -0.381 e. The summed E-state index contributed by atoms with van der Waals surface area (Å²) in [6, 6.07) is 2.11. The molecule has 1 saturated heterocycles. The Balaban J connectivity index is 2.17. The van der Waals surface area contributed by atoms with E-state index in [0.717, 1.165) is 19.6 Å². The van der Waals surface area contributed by atoms with Crippen molar-refractivity contribution >= 4 is 0 Å². The topological polar surface area (TPSA) is 48.1 Å². The van der Waals surface area contributed by atoms with E-state index in [1.165, 1.54) is 11.1 Å². The van der Waals surface area contributed by atoms with Crippen LogP contribution in [0.5, 0.6) is 0 Å². The van der Waals surface area contributed by atoms with Crippen molar-refractivity contribution < 1.29 is 4.74 Å². The molecule has 2 atom stereocenters. The molecule has 0 amide bonds. The first-order valence-corrected chi connectivity index (χ1v) is 5.03. The highest BCUT2D eigenvalue weighted by Crippen LogP contribution is 2.27. The van der Waals surface area contributed by atoms with Crippen LogP contribution in [0.4, 0.5) is 0 Å². The van der Waals surface area contributed by atoms with Gasteiger partial charge in [0, 0.05) is 31.0 Å². The van der Waals surface area contributed by atoms with Crippen molar-refractivity contribution in [3.05, 3.63) is 29.6 Å². The van der Waals surface area contributed by atoms with Crippen LogP contribution in [0.15, 0.2) is 18.5 Å². The van der Waals surface area contributed by atoms with Gasteiger partial charge >= 0.3 is 0 Å². The number of pyridine rings is 1. The van der Waals surface area contributed by atoms with Crippen molar-refractivity contribution in [1.29, 1.82) is 0 Å². The summed E-state index contributed by atoms with van der Waals surface area (Å²) in [5.41, 5.74) is 8.57. The zero-order chi connectivity index (χ0) is 9.97. The summed E-state index contributed by atoms with van der Waals surface area (Å²) in [5.74, 6) is 0.469. The summed E-state index contributed by atoms with van der Waals surface area (Å²) in [6.07, 6.45) is 4.74. The molecule has 2 unspecified atom stereocenters. The van der Waals surface area contributed by atoms with Crippen molar-refractivity contribution in [2.75, 3.05) is 13.2 Å². The Morgan fingerprint density at radius 2 is 2.50 bits per heavy atom. The van der Waals surface area contributed by atoms with Gasteiger partial charge in [-0.3, -0.25) is 4.98 Å². The lowest BCUT2D eigenvalue weighted by Gasteiger charge is -2.19. The van der Waals surface area contributed by atoms with E-state index in [2.05, 4.69) is 11.9 Å². The van der Waals surface area contributed by atoms with E-state index >= 15 is 0 Å². The van der Waals surface area contributed by atoms with E-state index in [1.807, 2.05) is 12.3 Å². The zero-order valence-electron chi connectivity index (χ0n) is 8.44. The average Bonchev–Trinajstić information content (AvgIpc) is 2.70. The molecule has 0 spiro atoms. The van der Waals surface area contributed by atoms with Gasteiger partial charge in [-0.1, -0.05) is 0 Å². The summed E-state index contributed by atoms with van der Waals surface area (Å²) in [7, 11) is 0. The molecular formula is C11H16N2O. The Bertz CT molecular complexity index is 308. The first kappa shape index (κ1) is 9.62. The van der Waals surface area contributed by atoms with Crippen molar-refractivity contribution in [2.45, 2.75) is 19.4 Å². The zero-order valence-corrected chi connectivity index (χ0v) is 8.44. The minimum atomic E-state index is 0.0977. The Labute approximate surface area is 84.3 Å². The lowest BCUT2D eigenvalue weighted by Crippen LogP contribution is -2.22. The molecule has 0 aromatic carbocycles. The second kappa shape index (κ2) is 4.07. The summed E-state index contributed by atoms with van der Waals surface area (Å²) >= 11 is 0. The molecule has 14 heavy (non-hydrogen) atoms. The monoisotopic (exact) mass is 192 g/mol. The molecule has 76 valence electrons. The molecule has 1 aromatic rings. The van der Waals surface area contributed by atoms with Crippen LogP contribution in [0, 0.1) is 12.8 Å². The number of hydrogen-bond acceptors (Lipinski definition) is 3. The van der Waals surface area contributed by atoms with Gasteiger partial charge in [-0.05, 0) is 30.5 Å². The van der Waals surface area contributed by atoms with Crippen LogP contribution in [0.25, 0.3) is 0 Å². The molecule has 1 aliphatic heterocycles. The third-order valence-corrected chi connectivity index (χ3v) is 2.90. The second-order valence-electron chi connectivity index (χ2n) is 3.88. The van der Waals surface area contributed by atoms with Gasteiger partial charge in [-0.2, -0.15) is 0 Å². The van der Waals surface area contributed by atoms with Crippen molar-refractivity contribution in [3.63, 3.8) is 0 Å². The Kier molecular flexibility index (Phi) is 2.79. The highest BCUT2D eigenvalue weighted by molar-refractivity contribution is 5.25. The number of aryl methyl sites for hydroxylation is 1. The minimum absolute atomic E-state index is 0.0977. The fourth-order valence-corrected chi connectivity index (χ4v) is 1.95. The number of ether oxygens (including phenoxy) is 1. The van der Waals surface area contributed by atoms with Crippen LogP contribution >= 0.6 is 0 Å². The first-order chi connectivity index (χ1) is 6.79. The standard InChI is InChI=1S/C11H16N2O/c1-8-6-13-4-2-10(8)11(12)9-3-5-14-7-9/h2,4,6,9,11H,3,5,7,12H2,1H3. The van der Waals surface area contributed by atoms with Gasteiger partial charge in [0.25, 0.3) is 0 Å². The third-order valence-electron chi connectivity index (χ3n) is 2.90. The summed E-state index contributed by atoms with van der Waals surface area (Å²) < 4.78 is 5.34. The molecule has 3 heteroatoms. The van der Waals surface area contributed by atoms with Crippen LogP contribution in [-0.4, -0.2) is 18.2 Å². The van der Waals surface area contributed by atoms with Crippen molar-refractivity contribution in [2.24, 2.45) is 11.7 Å². The highest BCUT2D eigenvalue weighted by Gasteiger charge is 2.24. The fourth-order valence-electron chi connectivity index (χ4n) is 1.95. The Hall–Kier alpha value is -0.930. The average molecular weight is 192 g/mol. The van der Waals surface area contributed by atoms with E-state index in [9.17, 15) is 0 Å². The van der Waals surface area contributed by atoms with E-state index in [4.69, 9.17) is 10.5 Å². The van der Waals surface area contributed by atoms with Gasteiger partial charge in [-0.25, -0.2) is 0 Å². The predicted octanol–water partition coefficient (Wildman–Crippen LogP) is 1.43. The summed E-state index contributed by atoms with van der Waals surface area (Å²) in [5, 5.41) is 0. The maximum absolute atomic E-state index is 6.19. The molecule has 0 radical (unpaired) electrons. The number of hydrogen-bond donors (Lipinski definition) is 1. The quantitative estimate of drug-likeness (QED) is 0.771. The Morgan fingerprint density at radius 3 is 3.14 bits per heavy atom. The van der Waals surface area contributed by atoms with Crippen LogP contribution in [0.1, 0.15) is 23.6 Å². The van der Waals surface area contributed by atoms with Crippen LogP contribution < -0.4 is 5.73 Å². The van der Waals surface area contributed by atoms with Crippen LogP contribution in [-0.2, 0) is 4.74 Å². The van der Waals surface area contributed by atoms with Crippen LogP contribution in [0.3, 0.4) is 0 Å². The van der Waals surface area contributed by atoms with E-state index in [0.29, 0.717) is 5.92 Å². The van der Waals surface area contributed by atoms with Gasteiger partial charge in [0.15, 0.2) is 0 Å². The molecule has 1 fully saturated rings. The number of nitrogens with zero attached hydrogens (tertiary/aromatic N) is 1. The maximum Gasteiger partial charge on any atom is 0.0513 e. The molecular weight excluding hydrogens is 176 g/mol. The SMILES string of the molecule is Cc1cnccc1C(N)C1CCOC1. The van der Waals surface area contributed by atoms with Gasteiger partial charge in [0.2, 0.25) is 0 Å². The van der Waals surface area contributed by atoms with Gasteiger partial charge in [0.05, 0.1) is 6.61 Å². The lowest BCUT2D eigenvalue weighted by molar-refractivity contribution is 0.181. The Morgan fingerprint density at radius 1 is 1.64 bits per heavy atom. The normalized spacial score (nSPS) is 23.7. The first-order valence-electron chi connectivity index (χ1n) is 5.03. The third kappa shape index (κ3) is 1.79. The molecule has 2 N–H and O–H groups in total. The smallest absolute Gasteiger partial charge is 0.0513 e. The highest BCUT2D eigenvalue weighted by atomic mass is 16.5. The largest absolute Gasteiger partial charge is 0.381 e. The fraction of sp³-hybridized carbons (Fsp3) is 0.545. The summed E-state index contributed by atoms with van der Waals surface area (Å²) in [4.78, 5) is 4.07. The predicted molar refractivity (Wildman–Crippen MR) is 54.8 cm³/mol. The summed E-state index contributed by atoms with van der Waals surface area (Å²) in [6.45, 7) is 3.70. The molecule has 0 saturated carbocycles. The lowest BCUT2D eigenvalue weighted by atomic mass is 9.91. The number of aromatic nitrogens is 1. The molecule has 0 aliphatic carbocycles. The van der Waals surface area contributed by atoms with Crippen LogP contribution in [0.2, 0.25) is 0 Å². The second-order valence-corrected chi connectivity index (χ2v) is 3.88.